The average molecular weight is 446 g/mol. The molecule has 1 fully saturated rings. The van der Waals surface area contributed by atoms with Crippen LogP contribution in [0, 0.1) is 6.92 Å². The quantitative estimate of drug-likeness (QED) is 0.578. The minimum absolute atomic E-state index is 0.168. The van der Waals surface area contributed by atoms with Crippen molar-refractivity contribution in [3.05, 3.63) is 53.6 Å². The SMILES string of the molecule is CCCCNc1ccc(S(=O)(=O)N2CCOCC2)cc1NC(=O)Cc1ccc(C)cc1. The molecule has 2 aromatic rings. The standard InChI is InChI=1S/C23H31N3O4S/c1-3-4-11-24-21-10-9-20(31(28,29)26-12-14-30-15-13-26)17-22(21)25-23(27)16-19-7-5-18(2)6-8-19/h5-10,17,24H,3-4,11-16H2,1-2H3,(H,25,27). The van der Waals surface area contributed by atoms with Crippen LogP contribution in [0.3, 0.4) is 0 Å². The second-order valence-electron chi connectivity index (χ2n) is 7.71. The number of nitrogens with one attached hydrogen (secondary N) is 2. The maximum Gasteiger partial charge on any atom is 0.243 e. The summed E-state index contributed by atoms with van der Waals surface area (Å²) < 4.78 is 32.8. The third-order valence-electron chi connectivity index (χ3n) is 5.20. The first-order valence-corrected chi connectivity index (χ1v) is 12.2. The monoisotopic (exact) mass is 445 g/mol. The molecule has 1 amide bonds. The number of carbonyl (C=O) groups is 1. The van der Waals surface area contributed by atoms with Gasteiger partial charge in [-0.05, 0) is 37.1 Å². The molecule has 2 N–H and O–H groups in total. The number of unbranched alkanes of at least 4 members (excludes halogenated alkanes) is 1. The number of hydrogen-bond donors (Lipinski definition) is 2. The van der Waals surface area contributed by atoms with E-state index < -0.39 is 10.0 Å². The van der Waals surface area contributed by atoms with Crippen LogP contribution in [0.2, 0.25) is 0 Å². The molecule has 7 nitrogen and oxygen atoms in total. The fourth-order valence-corrected chi connectivity index (χ4v) is 4.80. The van der Waals surface area contributed by atoms with Crippen molar-refractivity contribution in [1.82, 2.24) is 4.31 Å². The van der Waals surface area contributed by atoms with Crippen molar-refractivity contribution in [3.8, 4) is 0 Å². The zero-order valence-electron chi connectivity index (χ0n) is 18.2. The molecule has 0 atom stereocenters. The maximum absolute atomic E-state index is 13.1. The molecular formula is C23H31N3O4S. The Kier molecular flexibility index (Phi) is 8.06. The van der Waals surface area contributed by atoms with Crippen LogP contribution >= 0.6 is 0 Å². The Morgan fingerprint density at radius 1 is 1.06 bits per heavy atom. The molecule has 2 aromatic carbocycles. The van der Waals surface area contributed by atoms with E-state index in [4.69, 9.17) is 4.74 Å². The number of sulfonamides is 1. The summed E-state index contributed by atoms with van der Waals surface area (Å²) in [5.41, 5.74) is 3.22. The number of nitrogens with zero attached hydrogens (tertiary/aromatic N) is 1. The van der Waals surface area contributed by atoms with E-state index in [0.29, 0.717) is 37.7 Å². The zero-order chi connectivity index (χ0) is 22.3. The van der Waals surface area contributed by atoms with E-state index in [1.807, 2.05) is 31.2 Å². The average Bonchev–Trinajstić information content (AvgIpc) is 2.77. The first-order chi connectivity index (χ1) is 14.9. The van der Waals surface area contributed by atoms with Crippen LogP contribution < -0.4 is 10.6 Å². The largest absolute Gasteiger partial charge is 0.383 e. The summed E-state index contributed by atoms with van der Waals surface area (Å²) in [6.07, 6.45) is 2.23. The Labute approximate surface area is 184 Å². The Bertz CT molecular complexity index is 984. The van der Waals surface area contributed by atoms with Crippen LogP contribution in [0.5, 0.6) is 0 Å². The molecule has 0 aromatic heterocycles. The van der Waals surface area contributed by atoms with Crippen LogP contribution in [-0.4, -0.2) is 51.5 Å². The van der Waals surface area contributed by atoms with Crippen LogP contribution in [0.4, 0.5) is 11.4 Å². The van der Waals surface area contributed by atoms with Gasteiger partial charge in [0.25, 0.3) is 0 Å². The molecular weight excluding hydrogens is 414 g/mol. The normalized spacial score (nSPS) is 14.9. The van der Waals surface area contributed by atoms with Crippen molar-refractivity contribution in [2.45, 2.75) is 38.0 Å². The van der Waals surface area contributed by atoms with E-state index in [2.05, 4.69) is 17.6 Å². The molecule has 1 saturated heterocycles. The molecule has 0 spiro atoms. The number of ether oxygens (including phenoxy) is 1. The fourth-order valence-electron chi connectivity index (χ4n) is 3.36. The van der Waals surface area contributed by atoms with Gasteiger partial charge in [0.2, 0.25) is 15.9 Å². The molecule has 1 aliphatic heterocycles. The van der Waals surface area contributed by atoms with E-state index in [1.54, 1.807) is 18.2 Å². The van der Waals surface area contributed by atoms with Gasteiger partial charge in [-0.2, -0.15) is 4.31 Å². The predicted octanol–water partition coefficient (Wildman–Crippen LogP) is 3.41. The lowest BCUT2D eigenvalue weighted by molar-refractivity contribution is -0.115. The van der Waals surface area contributed by atoms with Gasteiger partial charge in [0.1, 0.15) is 0 Å². The molecule has 1 aliphatic rings. The number of anilines is 2. The van der Waals surface area contributed by atoms with Crippen molar-refractivity contribution >= 4 is 27.3 Å². The Balaban J connectivity index is 1.82. The van der Waals surface area contributed by atoms with E-state index in [-0.39, 0.29) is 17.2 Å². The number of hydrogen-bond acceptors (Lipinski definition) is 5. The van der Waals surface area contributed by atoms with Crippen molar-refractivity contribution in [3.63, 3.8) is 0 Å². The Morgan fingerprint density at radius 2 is 1.77 bits per heavy atom. The van der Waals surface area contributed by atoms with Crippen LogP contribution in [-0.2, 0) is 26.0 Å². The Morgan fingerprint density at radius 3 is 2.45 bits per heavy atom. The summed E-state index contributed by atoms with van der Waals surface area (Å²) in [5, 5.41) is 6.21. The lowest BCUT2D eigenvalue weighted by Gasteiger charge is -2.26. The maximum atomic E-state index is 13.1. The van der Waals surface area contributed by atoms with Gasteiger partial charge >= 0.3 is 0 Å². The molecule has 0 aliphatic carbocycles. The second kappa shape index (κ2) is 10.7. The fraction of sp³-hybridized carbons (Fsp3) is 0.435. The third-order valence-corrected chi connectivity index (χ3v) is 7.10. The highest BCUT2D eigenvalue weighted by Crippen LogP contribution is 2.28. The minimum Gasteiger partial charge on any atom is -0.383 e. The summed E-state index contributed by atoms with van der Waals surface area (Å²) in [7, 11) is -3.65. The van der Waals surface area contributed by atoms with Gasteiger partial charge in [0, 0.05) is 19.6 Å². The van der Waals surface area contributed by atoms with Crippen molar-refractivity contribution in [2.24, 2.45) is 0 Å². The number of morpholine rings is 1. The number of amides is 1. The van der Waals surface area contributed by atoms with Crippen LogP contribution in [0.25, 0.3) is 0 Å². The predicted molar refractivity (Wildman–Crippen MR) is 123 cm³/mol. The van der Waals surface area contributed by atoms with Gasteiger partial charge in [-0.1, -0.05) is 43.2 Å². The zero-order valence-corrected chi connectivity index (χ0v) is 19.0. The summed E-state index contributed by atoms with van der Waals surface area (Å²) in [6, 6.07) is 12.7. The van der Waals surface area contributed by atoms with E-state index in [0.717, 1.165) is 30.5 Å². The smallest absolute Gasteiger partial charge is 0.243 e. The highest BCUT2D eigenvalue weighted by molar-refractivity contribution is 7.89. The van der Waals surface area contributed by atoms with Gasteiger partial charge in [0.05, 0.1) is 35.9 Å². The van der Waals surface area contributed by atoms with Gasteiger partial charge in [-0.3, -0.25) is 4.79 Å². The third kappa shape index (κ3) is 6.29. The lowest BCUT2D eigenvalue weighted by atomic mass is 10.1. The Hall–Kier alpha value is -2.42. The second-order valence-corrected chi connectivity index (χ2v) is 9.65. The molecule has 0 bridgehead atoms. The summed E-state index contributed by atoms with van der Waals surface area (Å²) in [4.78, 5) is 12.9. The number of rotatable bonds is 9. The van der Waals surface area contributed by atoms with Crippen molar-refractivity contribution < 1.29 is 17.9 Å². The molecule has 0 radical (unpaired) electrons. The topological polar surface area (TPSA) is 87.7 Å². The van der Waals surface area contributed by atoms with E-state index in [1.165, 1.54) is 4.31 Å². The summed E-state index contributed by atoms with van der Waals surface area (Å²) >= 11 is 0. The summed E-state index contributed by atoms with van der Waals surface area (Å²) in [5.74, 6) is -0.191. The highest BCUT2D eigenvalue weighted by Gasteiger charge is 2.27. The summed E-state index contributed by atoms with van der Waals surface area (Å²) in [6.45, 7) is 6.27. The molecule has 0 saturated carbocycles. The highest BCUT2D eigenvalue weighted by atomic mass is 32.2. The van der Waals surface area contributed by atoms with Crippen molar-refractivity contribution in [1.29, 1.82) is 0 Å². The first-order valence-electron chi connectivity index (χ1n) is 10.7. The van der Waals surface area contributed by atoms with E-state index in [9.17, 15) is 13.2 Å². The van der Waals surface area contributed by atoms with Crippen molar-refractivity contribution in [2.75, 3.05) is 43.5 Å². The van der Waals surface area contributed by atoms with Gasteiger partial charge < -0.3 is 15.4 Å². The molecule has 3 rings (SSSR count). The van der Waals surface area contributed by atoms with Gasteiger partial charge in [0.15, 0.2) is 0 Å². The number of aryl methyl sites for hydroxylation is 1. The molecule has 0 unspecified atom stereocenters. The van der Waals surface area contributed by atoms with Gasteiger partial charge in [-0.25, -0.2) is 8.42 Å². The van der Waals surface area contributed by atoms with Crippen LogP contribution in [0.15, 0.2) is 47.4 Å². The van der Waals surface area contributed by atoms with Crippen LogP contribution in [0.1, 0.15) is 30.9 Å². The first kappa shape index (κ1) is 23.2. The molecule has 8 heteroatoms. The minimum atomic E-state index is -3.65. The molecule has 1 heterocycles. The van der Waals surface area contributed by atoms with Gasteiger partial charge in [-0.15, -0.1) is 0 Å². The number of benzene rings is 2. The lowest BCUT2D eigenvalue weighted by Crippen LogP contribution is -2.40. The molecule has 31 heavy (non-hydrogen) atoms. The van der Waals surface area contributed by atoms with E-state index >= 15 is 0 Å². The number of carbonyl (C=O) groups excluding carboxylic acids is 1. The molecule has 168 valence electrons.